The molecule has 18 heavy (non-hydrogen) atoms. The molecule has 1 aromatic heterocycles. The van der Waals surface area contributed by atoms with Crippen molar-refractivity contribution in [3.05, 3.63) is 54.2 Å². The summed E-state index contributed by atoms with van der Waals surface area (Å²) >= 11 is 0. The lowest BCUT2D eigenvalue weighted by Gasteiger charge is -1.99. The third-order valence-electron chi connectivity index (χ3n) is 2.58. The lowest BCUT2D eigenvalue weighted by Crippen LogP contribution is -2.05. The van der Waals surface area contributed by atoms with Gasteiger partial charge in [0.05, 0.1) is 5.69 Å². The molecule has 0 unspecified atom stereocenters. The molecule has 0 saturated carbocycles. The number of hydrogen-bond donors (Lipinski definition) is 1. The minimum atomic E-state index is 0.874. The van der Waals surface area contributed by atoms with E-state index in [1.54, 1.807) is 6.20 Å². The fraction of sp³-hybridized carbons (Fsp3) is 0.188. The molecule has 0 radical (unpaired) electrons. The van der Waals surface area contributed by atoms with Crippen LogP contribution < -0.4 is 5.32 Å². The average Bonchev–Trinajstić information content (AvgIpc) is 2.45. The maximum absolute atomic E-state index is 4.32. The molecule has 2 aromatic rings. The maximum Gasteiger partial charge on any atom is 0.0701 e. The van der Waals surface area contributed by atoms with Crippen molar-refractivity contribution in [3.8, 4) is 23.1 Å². The molecule has 0 spiro atoms. The molecule has 0 aliphatic heterocycles. The molecule has 1 aromatic carbocycles. The van der Waals surface area contributed by atoms with Crippen molar-refractivity contribution >= 4 is 0 Å². The molecule has 0 amide bonds. The Morgan fingerprint density at radius 3 is 2.61 bits per heavy atom. The van der Waals surface area contributed by atoms with Crippen LogP contribution in [0.4, 0.5) is 0 Å². The first kappa shape index (κ1) is 12.3. The molecule has 1 heterocycles. The Morgan fingerprint density at radius 2 is 1.94 bits per heavy atom. The van der Waals surface area contributed by atoms with Gasteiger partial charge >= 0.3 is 0 Å². The molecular formula is C16H16N2. The van der Waals surface area contributed by atoms with Crippen molar-refractivity contribution in [2.75, 3.05) is 13.6 Å². The van der Waals surface area contributed by atoms with Crippen LogP contribution in [0.1, 0.15) is 12.0 Å². The summed E-state index contributed by atoms with van der Waals surface area (Å²) in [5, 5.41) is 3.07. The topological polar surface area (TPSA) is 24.9 Å². The van der Waals surface area contributed by atoms with E-state index in [4.69, 9.17) is 0 Å². The van der Waals surface area contributed by atoms with Crippen molar-refractivity contribution in [2.24, 2.45) is 0 Å². The fourth-order valence-corrected chi connectivity index (χ4v) is 1.61. The summed E-state index contributed by atoms with van der Waals surface area (Å²) in [6, 6.07) is 14.1. The van der Waals surface area contributed by atoms with Crippen LogP contribution in [0, 0.1) is 11.8 Å². The number of benzene rings is 1. The monoisotopic (exact) mass is 236 g/mol. The second kappa shape index (κ2) is 6.58. The third kappa shape index (κ3) is 3.44. The first-order valence-corrected chi connectivity index (χ1v) is 6.05. The van der Waals surface area contributed by atoms with E-state index in [2.05, 4.69) is 34.3 Å². The van der Waals surface area contributed by atoms with Gasteiger partial charge in [-0.25, -0.2) is 0 Å². The summed E-state index contributed by atoms with van der Waals surface area (Å²) in [6.07, 6.45) is 2.68. The maximum atomic E-state index is 4.32. The van der Waals surface area contributed by atoms with Crippen LogP contribution in [0.25, 0.3) is 11.3 Å². The van der Waals surface area contributed by atoms with Gasteiger partial charge in [0.25, 0.3) is 0 Å². The molecule has 0 aliphatic carbocycles. The van der Waals surface area contributed by atoms with Gasteiger partial charge in [-0.1, -0.05) is 30.0 Å². The molecule has 1 N–H and O–H groups in total. The normalized spacial score (nSPS) is 9.61. The van der Waals surface area contributed by atoms with Gasteiger partial charge in [-0.05, 0) is 31.3 Å². The number of pyridine rings is 1. The van der Waals surface area contributed by atoms with E-state index in [9.17, 15) is 0 Å². The van der Waals surface area contributed by atoms with E-state index < -0.39 is 0 Å². The largest absolute Gasteiger partial charge is 0.319 e. The van der Waals surface area contributed by atoms with Crippen molar-refractivity contribution in [3.63, 3.8) is 0 Å². The quantitative estimate of drug-likeness (QED) is 0.654. The number of nitrogens with zero attached hydrogens (tertiary/aromatic N) is 1. The Balaban J connectivity index is 2.08. The van der Waals surface area contributed by atoms with Gasteiger partial charge in [0.1, 0.15) is 0 Å². The lowest BCUT2D eigenvalue weighted by molar-refractivity contribution is 0.818. The Bertz CT molecular complexity index is 533. The Labute approximate surface area is 108 Å². The SMILES string of the molecule is CNCCC#Cc1ccc(-c2ccccn2)cc1. The van der Waals surface area contributed by atoms with Gasteiger partial charge < -0.3 is 5.32 Å². The zero-order valence-electron chi connectivity index (χ0n) is 10.5. The van der Waals surface area contributed by atoms with Crippen molar-refractivity contribution in [1.82, 2.24) is 10.3 Å². The van der Waals surface area contributed by atoms with Crippen LogP contribution in [-0.4, -0.2) is 18.6 Å². The summed E-state index contributed by atoms with van der Waals surface area (Å²) in [5.41, 5.74) is 3.16. The number of aromatic nitrogens is 1. The molecule has 0 aliphatic rings. The molecular weight excluding hydrogens is 220 g/mol. The molecule has 2 heteroatoms. The molecule has 0 fully saturated rings. The highest BCUT2D eigenvalue weighted by molar-refractivity contribution is 5.60. The highest BCUT2D eigenvalue weighted by Gasteiger charge is 1.96. The standard InChI is InChI=1S/C16H16N2/c1-17-12-4-2-6-14-8-10-15(11-9-14)16-7-3-5-13-18-16/h3,5,7-11,13,17H,4,12H2,1H3. The summed E-state index contributed by atoms with van der Waals surface area (Å²) < 4.78 is 0. The minimum Gasteiger partial charge on any atom is -0.319 e. The predicted octanol–water partition coefficient (Wildman–Crippen LogP) is 2.71. The number of rotatable bonds is 3. The van der Waals surface area contributed by atoms with Crippen LogP contribution in [-0.2, 0) is 0 Å². The second-order valence-corrected chi connectivity index (χ2v) is 3.95. The zero-order chi connectivity index (χ0) is 12.6. The third-order valence-corrected chi connectivity index (χ3v) is 2.58. The highest BCUT2D eigenvalue weighted by atomic mass is 14.8. The summed E-state index contributed by atoms with van der Waals surface area (Å²) in [5.74, 6) is 6.28. The first-order chi connectivity index (χ1) is 8.90. The Hall–Kier alpha value is -2.11. The van der Waals surface area contributed by atoms with E-state index in [0.29, 0.717) is 0 Å². The minimum absolute atomic E-state index is 0.874. The van der Waals surface area contributed by atoms with Crippen LogP contribution in [0.15, 0.2) is 48.7 Å². The van der Waals surface area contributed by atoms with Gasteiger partial charge in [-0.15, -0.1) is 0 Å². The van der Waals surface area contributed by atoms with Crippen LogP contribution in [0.2, 0.25) is 0 Å². The van der Waals surface area contributed by atoms with Gasteiger partial charge in [0.15, 0.2) is 0 Å². The smallest absolute Gasteiger partial charge is 0.0701 e. The predicted molar refractivity (Wildman–Crippen MR) is 75.1 cm³/mol. The molecule has 2 rings (SSSR count). The Kier molecular flexibility index (Phi) is 4.52. The van der Waals surface area contributed by atoms with E-state index in [1.807, 2.05) is 37.4 Å². The van der Waals surface area contributed by atoms with Crippen molar-refractivity contribution in [1.29, 1.82) is 0 Å². The average molecular weight is 236 g/mol. The number of hydrogen-bond acceptors (Lipinski definition) is 2. The summed E-state index contributed by atoms with van der Waals surface area (Å²) in [4.78, 5) is 4.32. The molecule has 0 bridgehead atoms. The highest BCUT2D eigenvalue weighted by Crippen LogP contribution is 2.16. The van der Waals surface area contributed by atoms with E-state index >= 15 is 0 Å². The van der Waals surface area contributed by atoms with Crippen LogP contribution >= 0.6 is 0 Å². The summed E-state index contributed by atoms with van der Waals surface area (Å²) in [7, 11) is 1.93. The molecule has 2 nitrogen and oxygen atoms in total. The van der Waals surface area contributed by atoms with E-state index in [0.717, 1.165) is 29.8 Å². The number of nitrogens with one attached hydrogen (secondary N) is 1. The molecule has 90 valence electrons. The van der Waals surface area contributed by atoms with Crippen LogP contribution in [0.5, 0.6) is 0 Å². The molecule has 0 saturated heterocycles. The van der Waals surface area contributed by atoms with E-state index in [1.165, 1.54) is 0 Å². The van der Waals surface area contributed by atoms with Gasteiger partial charge in [0.2, 0.25) is 0 Å². The first-order valence-electron chi connectivity index (χ1n) is 6.05. The van der Waals surface area contributed by atoms with Crippen molar-refractivity contribution < 1.29 is 0 Å². The molecule has 0 atom stereocenters. The van der Waals surface area contributed by atoms with Gasteiger partial charge in [-0.2, -0.15) is 0 Å². The van der Waals surface area contributed by atoms with Crippen molar-refractivity contribution in [2.45, 2.75) is 6.42 Å². The van der Waals surface area contributed by atoms with Gasteiger partial charge in [-0.3, -0.25) is 4.98 Å². The van der Waals surface area contributed by atoms with E-state index in [-0.39, 0.29) is 0 Å². The second-order valence-electron chi connectivity index (χ2n) is 3.95. The Morgan fingerprint density at radius 1 is 1.11 bits per heavy atom. The van der Waals surface area contributed by atoms with Gasteiger partial charge in [0, 0.05) is 30.3 Å². The zero-order valence-corrected chi connectivity index (χ0v) is 10.5. The van der Waals surface area contributed by atoms with Crippen LogP contribution in [0.3, 0.4) is 0 Å². The summed E-state index contributed by atoms with van der Waals surface area (Å²) in [6.45, 7) is 0.930. The fourth-order valence-electron chi connectivity index (χ4n) is 1.61. The lowest BCUT2D eigenvalue weighted by atomic mass is 10.1.